The number of ether oxygens (including phenoxy) is 2. The summed E-state index contributed by atoms with van der Waals surface area (Å²) in [6.07, 6.45) is 3.35. The van der Waals surface area contributed by atoms with Crippen molar-refractivity contribution >= 4 is 0 Å². The van der Waals surface area contributed by atoms with E-state index in [1.807, 2.05) is 13.8 Å². The normalized spacial score (nSPS) is 27.3. The molecule has 5 heteroatoms. The molecule has 0 saturated carbocycles. The van der Waals surface area contributed by atoms with Gasteiger partial charge in [0.2, 0.25) is 0 Å². The molecule has 0 bridgehead atoms. The number of rotatable bonds is 4. The van der Waals surface area contributed by atoms with Crippen molar-refractivity contribution < 1.29 is 13.9 Å². The third kappa shape index (κ3) is 3.64. The van der Waals surface area contributed by atoms with Crippen LogP contribution in [0.5, 0.6) is 5.88 Å². The zero-order valence-electron chi connectivity index (χ0n) is 11.6. The van der Waals surface area contributed by atoms with Gasteiger partial charge in [-0.3, -0.25) is 0 Å². The smallest absolute Gasteiger partial charge is 0.250 e. The highest BCUT2D eigenvalue weighted by molar-refractivity contribution is 5.23. The van der Waals surface area contributed by atoms with Crippen LogP contribution < -0.4 is 10.1 Å². The molecular formula is C14H21FN2O2. The van der Waals surface area contributed by atoms with Gasteiger partial charge in [0, 0.05) is 31.1 Å². The summed E-state index contributed by atoms with van der Waals surface area (Å²) in [5, 5.41) is 2.93. The fraction of sp³-hybridized carbons (Fsp3) is 0.643. The third-order valence-electron chi connectivity index (χ3n) is 3.24. The van der Waals surface area contributed by atoms with E-state index in [1.165, 1.54) is 0 Å². The second kappa shape index (κ2) is 6.30. The lowest BCUT2D eigenvalue weighted by Crippen LogP contribution is -2.36. The Kier molecular flexibility index (Phi) is 4.71. The van der Waals surface area contributed by atoms with Gasteiger partial charge in [-0.25, -0.2) is 9.37 Å². The Balaban J connectivity index is 2.08. The molecule has 0 spiro atoms. The van der Waals surface area contributed by atoms with E-state index in [0.29, 0.717) is 12.1 Å². The van der Waals surface area contributed by atoms with Crippen LogP contribution in [0.1, 0.15) is 32.3 Å². The number of hydrogen-bond donors (Lipinski definition) is 1. The Bertz CT molecular complexity index is 418. The monoisotopic (exact) mass is 268 g/mol. The van der Waals surface area contributed by atoms with Crippen LogP contribution in [0, 0.1) is 5.82 Å². The SMILES string of the molecule is CNCc1ccnc(OC2CC(C)OC(C)C2)c1F. The number of hydrogen-bond acceptors (Lipinski definition) is 4. The first kappa shape index (κ1) is 14.2. The fourth-order valence-electron chi connectivity index (χ4n) is 2.47. The first-order chi connectivity index (χ1) is 9.10. The molecule has 1 fully saturated rings. The molecule has 19 heavy (non-hydrogen) atoms. The summed E-state index contributed by atoms with van der Waals surface area (Å²) in [5.41, 5.74) is 0.570. The number of nitrogens with zero attached hydrogens (tertiary/aromatic N) is 1. The van der Waals surface area contributed by atoms with Crippen LogP contribution in [0.3, 0.4) is 0 Å². The molecule has 1 N–H and O–H groups in total. The second-order valence-electron chi connectivity index (χ2n) is 5.09. The predicted octanol–water partition coefficient (Wildman–Crippen LogP) is 2.27. The van der Waals surface area contributed by atoms with Crippen LogP contribution in [0.4, 0.5) is 4.39 Å². The molecule has 0 aliphatic carbocycles. The average molecular weight is 268 g/mol. The topological polar surface area (TPSA) is 43.4 Å². The van der Waals surface area contributed by atoms with Crippen LogP contribution >= 0.6 is 0 Å². The maximum Gasteiger partial charge on any atom is 0.250 e. The van der Waals surface area contributed by atoms with Crippen molar-refractivity contribution in [2.75, 3.05) is 7.05 Å². The van der Waals surface area contributed by atoms with Crippen molar-refractivity contribution in [3.8, 4) is 5.88 Å². The first-order valence-electron chi connectivity index (χ1n) is 6.70. The Morgan fingerprint density at radius 1 is 1.42 bits per heavy atom. The van der Waals surface area contributed by atoms with Gasteiger partial charge < -0.3 is 14.8 Å². The van der Waals surface area contributed by atoms with Gasteiger partial charge in [0.25, 0.3) is 5.88 Å². The minimum Gasteiger partial charge on any atom is -0.472 e. The summed E-state index contributed by atoms with van der Waals surface area (Å²) in [4.78, 5) is 4.00. The van der Waals surface area contributed by atoms with E-state index >= 15 is 0 Å². The highest BCUT2D eigenvalue weighted by atomic mass is 19.1. The van der Waals surface area contributed by atoms with E-state index in [4.69, 9.17) is 9.47 Å². The molecule has 1 aromatic heterocycles. The van der Waals surface area contributed by atoms with Gasteiger partial charge in [0.15, 0.2) is 5.82 Å². The molecule has 0 radical (unpaired) electrons. The van der Waals surface area contributed by atoms with Crippen LogP contribution in [-0.2, 0) is 11.3 Å². The molecule has 2 atom stereocenters. The molecule has 4 nitrogen and oxygen atoms in total. The van der Waals surface area contributed by atoms with Gasteiger partial charge in [-0.15, -0.1) is 0 Å². The third-order valence-corrected chi connectivity index (χ3v) is 3.24. The molecular weight excluding hydrogens is 247 g/mol. The zero-order chi connectivity index (χ0) is 13.8. The Labute approximate surface area is 113 Å². The maximum absolute atomic E-state index is 14.2. The van der Waals surface area contributed by atoms with Gasteiger partial charge in [0.1, 0.15) is 6.10 Å². The van der Waals surface area contributed by atoms with Crippen LogP contribution in [0.15, 0.2) is 12.3 Å². The standard InChI is InChI=1S/C14H21FN2O2/c1-9-6-12(7-10(2)18-9)19-14-13(15)11(8-16-3)4-5-17-14/h4-5,9-10,12,16H,6-8H2,1-3H3. The summed E-state index contributed by atoms with van der Waals surface area (Å²) >= 11 is 0. The number of aromatic nitrogens is 1. The van der Waals surface area contributed by atoms with E-state index < -0.39 is 0 Å². The summed E-state index contributed by atoms with van der Waals surface area (Å²) in [6.45, 7) is 4.48. The Morgan fingerprint density at radius 3 is 2.74 bits per heavy atom. The maximum atomic E-state index is 14.2. The van der Waals surface area contributed by atoms with E-state index in [0.717, 1.165) is 12.8 Å². The molecule has 0 aromatic carbocycles. The molecule has 1 saturated heterocycles. The van der Waals surface area contributed by atoms with Crippen molar-refractivity contribution in [2.24, 2.45) is 0 Å². The number of halogens is 1. The van der Waals surface area contributed by atoms with E-state index in [-0.39, 0.29) is 30.0 Å². The highest BCUT2D eigenvalue weighted by Crippen LogP contribution is 2.25. The minimum atomic E-state index is -0.372. The predicted molar refractivity (Wildman–Crippen MR) is 70.6 cm³/mol. The molecule has 0 amide bonds. The second-order valence-corrected chi connectivity index (χ2v) is 5.09. The quantitative estimate of drug-likeness (QED) is 0.909. The fourth-order valence-corrected chi connectivity index (χ4v) is 2.47. The molecule has 1 aromatic rings. The van der Waals surface area contributed by atoms with Crippen molar-refractivity contribution in [3.63, 3.8) is 0 Å². The first-order valence-corrected chi connectivity index (χ1v) is 6.70. The van der Waals surface area contributed by atoms with Crippen molar-refractivity contribution in [1.29, 1.82) is 0 Å². The summed E-state index contributed by atoms with van der Waals surface area (Å²) < 4.78 is 25.5. The minimum absolute atomic E-state index is 0.0365. The van der Waals surface area contributed by atoms with E-state index in [1.54, 1.807) is 19.3 Å². The lowest BCUT2D eigenvalue weighted by molar-refractivity contribution is -0.0736. The Morgan fingerprint density at radius 2 is 2.11 bits per heavy atom. The summed E-state index contributed by atoms with van der Waals surface area (Å²) in [6, 6.07) is 1.66. The van der Waals surface area contributed by atoms with Crippen LogP contribution in [-0.4, -0.2) is 30.3 Å². The highest BCUT2D eigenvalue weighted by Gasteiger charge is 2.27. The molecule has 2 unspecified atom stereocenters. The molecule has 2 rings (SSSR count). The molecule has 106 valence electrons. The molecule has 2 heterocycles. The van der Waals surface area contributed by atoms with Gasteiger partial charge in [-0.2, -0.15) is 0 Å². The molecule has 1 aliphatic rings. The van der Waals surface area contributed by atoms with Gasteiger partial charge in [-0.05, 0) is 27.0 Å². The number of nitrogens with one attached hydrogen (secondary N) is 1. The van der Waals surface area contributed by atoms with Gasteiger partial charge in [0.05, 0.1) is 12.2 Å². The number of pyridine rings is 1. The van der Waals surface area contributed by atoms with E-state index in [2.05, 4.69) is 10.3 Å². The summed E-state index contributed by atoms with van der Waals surface area (Å²) in [5.74, 6) is -0.275. The van der Waals surface area contributed by atoms with Gasteiger partial charge >= 0.3 is 0 Å². The van der Waals surface area contributed by atoms with E-state index in [9.17, 15) is 4.39 Å². The van der Waals surface area contributed by atoms with Crippen molar-refractivity contribution in [2.45, 2.75) is 51.5 Å². The Hall–Kier alpha value is -1.20. The van der Waals surface area contributed by atoms with Crippen LogP contribution in [0.2, 0.25) is 0 Å². The van der Waals surface area contributed by atoms with Gasteiger partial charge in [-0.1, -0.05) is 0 Å². The summed E-state index contributed by atoms with van der Waals surface area (Å²) in [7, 11) is 1.78. The largest absolute Gasteiger partial charge is 0.472 e. The zero-order valence-corrected chi connectivity index (χ0v) is 11.6. The van der Waals surface area contributed by atoms with Crippen molar-refractivity contribution in [3.05, 3.63) is 23.6 Å². The van der Waals surface area contributed by atoms with Crippen molar-refractivity contribution in [1.82, 2.24) is 10.3 Å². The lowest BCUT2D eigenvalue weighted by Gasteiger charge is -2.32. The molecule has 1 aliphatic heterocycles. The van der Waals surface area contributed by atoms with Crippen LogP contribution in [0.25, 0.3) is 0 Å². The lowest BCUT2D eigenvalue weighted by atomic mass is 10.0. The average Bonchev–Trinajstić information content (AvgIpc) is 2.33.